The van der Waals surface area contributed by atoms with Gasteiger partial charge in [-0.3, -0.25) is 0 Å². The number of hydrogen-bond acceptors (Lipinski definition) is 1. The molecule has 21 heavy (non-hydrogen) atoms. The van der Waals surface area contributed by atoms with Crippen molar-refractivity contribution in [1.29, 1.82) is 0 Å². The van der Waals surface area contributed by atoms with Crippen molar-refractivity contribution in [3.8, 4) is 0 Å². The van der Waals surface area contributed by atoms with E-state index in [2.05, 4.69) is 23.2 Å². The molecule has 0 radical (unpaired) electrons. The number of aromatic nitrogens is 1. The second kappa shape index (κ2) is 4.76. The normalized spacial score (nSPS) is 12.8. The van der Waals surface area contributed by atoms with Crippen LogP contribution in [0.5, 0.6) is 0 Å². The van der Waals surface area contributed by atoms with Gasteiger partial charge in [0.2, 0.25) is 0 Å². The van der Waals surface area contributed by atoms with E-state index in [0.29, 0.717) is 0 Å². The van der Waals surface area contributed by atoms with Gasteiger partial charge in [-0.15, -0.1) is 0 Å². The monoisotopic (exact) mass is 273 g/mol. The molecule has 0 bridgehead atoms. The van der Waals surface area contributed by atoms with Crippen LogP contribution >= 0.6 is 0 Å². The molecule has 1 aromatic heterocycles. The molecule has 2 heteroatoms. The maximum Gasteiger partial charge on any atom is 0.105 e. The van der Waals surface area contributed by atoms with Crippen LogP contribution in [0.2, 0.25) is 0 Å². The van der Waals surface area contributed by atoms with Gasteiger partial charge in [0.1, 0.15) is 6.10 Å². The molecule has 4 aromatic rings. The highest BCUT2D eigenvalue weighted by Gasteiger charge is 2.16. The predicted octanol–water partition coefficient (Wildman–Crippen LogP) is 4.40. The molecule has 0 aliphatic carbocycles. The highest BCUT2D eigenvalue weighted by atomic mass is 16.3. The average Bonchev–Trinajstić information content (AvgIpc) is 3.02. The summed E-state index contributed by atoms with van der Waals surface area (Å²) in [6.45, 7) is 0. The van der Waals surface area contributed by atoms with Crippen LogP contribution in [0, 0.1) is 0 Å². The fraction of sp³-hybridized carbons (Fsp3) is 0.0526. The Hall–Kier alpha value is -2.58. The number of H-pyrrole nitrogens is 1. The highest BCUT2D eigenvalue weighted by Crippen LogP contribution is 2.32. The Bertz CT molecular complexity index is 918. The second-order valence-electron chi connectivity index (χ2n) is 5.26. The van der Waals surface area contributed by atoms with E-state index in [1.807, 2.05) is 54.7 Å². The minimum atomic E-state index is -0.629. The molecular formula is C19H15NO. The molecule has 2 N–H and O–H groups in total. The number of aliphatic hydroxyl groups excluding tert-OH is 1. The van der Waals surface area contributed by atoms with E-state index in [-0.39, 0.29) is 0 Å². The largest absolute Gasteiger partial charge is 0.384 e. The van der Waals surface area contributed by atoms with Crippen LogP contribution in [0.25, 0.3) is 21.7 Å². The lowest BCUT2D eigenvalue weighted by atomic mass is 9.94. The lowest BCUT2D eigenvalue weighted by Crippen LogP contribution is -2.01. The molecule has 0 amide bonds. The molecular weight excluding hydrogens is 258 g/mol. The van der Waals surface area contributed by atoms with Gasteiger partial charge >= 0.3 is 0 Å². The first kappa shape index (κ1) is 12.2. The van der Waals surface area contributed by atoms with Crippen molar-refractivity contribution in [2.75, 3.05) is 0 Å². The Kier molecular flexibility index (Phi) is 2.76. The predicted molar refractivity (Wildman–Crippen MR) is 86.3 cm³/mol. The smallest absolute Gasteiger partial charge is 0.105 e. The Morgan fingerprint density at radius 1 is 0.714 bits per heavy atom. The number of aliphatic hydroxyl groups is 1. The first-order valence-corrected chi connectivity index (χ1v) is 7.06. The topological polar surface area (TPSA) is 36.0 Å². The summed E-state index contributed by atoms with van der Waals surface area (Å²) in [5, 5.41) is 14.2. The van der Waals surface area contributed by atoms with Crippen LogP contribution in [-0.4, -0.2) is 10.1 Å². The Morgan fingerprint density at radius 3 is 2.33 bits per heavy atom. The summed E-state index contributed by atoms with van der Waals surface area (Å²) in [6.07, 6.45) is 1.28. The Morgan fingerprint density at radius 2 is 1.43 bits per heavy atom. The molecule has 0 saturated carbocycles. The third-order valence-corrected chi connectivity index (χ3v) is 4.04. The van der Waals surface area contributed by atoms with Crippen molar-refractivity contribution >= 4 is 21.7 Å². The number of benzene rings is 3. The Labute approximate surface area is 122 Å². The molecule has 102 valence electrons. The van der Waals surface area contributed by atoms with E-state index in [0.717, 1.165) is 32.8 Å². The molecule has 0 saturated heterocycles. The molecule has 2 nitrogen and oxygen atoms in total. The number of fused-ring (bicyclic) bond motifs is 2. The quantitative estimate of drug-likeness (QED) is 0.558. The van der Waals surface area contributed by atoms with Gasteiger partial charge in [-0.2, -0.15) is 0 Å². The maximum absolute atomic E-state index is 10.9. The van der Waals surface area contributed by atoms with Gasteiger partial charge in [0.25, 0.3) is 0 Å². The molecule has 3 aromatic carbocycles. The summed E-state index contributed by atoms with van der Waals surface area (Å²) >= 11 is 0. The SMILES string of the molecule is OC(c1cccc2ccccc12)c1cccc2[nH]ccc12. The van der Waals surface area contributed by atoms with E-state index in [1.54, 1.807) is 0 Å². The zero-order chi connectivity index (χ0) is 14.2. The van der Waals surface area contributed by atoms with Crippen molar-refractivity contribution in [2.45, 2.75) is 6.10 Å². The first-order chi connectivity index (χ1) is 10.3. The van der Waals surface area contributed by atoms with E-state index >= 15 is 0 Å². The van der Waals surface area contributed by atoms with Crippen LogP contribution in [0.4, 0.5) is 0 Å². The molecule has 0 fully saturated rings. The summed E-state index contributed by atoms with van der Waals surface area (Å²) in [7, 11) is 0. The van der Waals surface area contributed by atoms with Crippen LogP contribution in [0.3, 0.4) is 0 Å². The summed E-state index contributed by atoms with van der Waals surface area (Å²) in [5.74, 6) is 0. The molecule has 1 heterocycles. The van der Waals surface area contributed by atoms with Gasteiger partial charge in [0, 0.05) is 17.1 Å². The lowest BCUT2D eigenvalue weighted by Gasteiger charge is -2.15. The van der Waals surface area contributed by atoms with Gasteiger partial charge < -0.3 is 10.1 Å². The van der Waals surface area contributed by atoms with Crippen LogP contribution in [-0.2, 0) is 0 Å². The summed E-state index contributed by atoms with van der Waals surface area (Å²) < 4.78 is 0. The summed E-state index contributed by atoms with van der Waals surface area (Å²) in [4.78, 5) is 3.19. The van der Waals surface area contributed by atoms with Crippen molar-refractivity contribution in [3.05, 3.63) is 84.1 Å². The maximum atomic E-state index is 10.9. The third-order valence-electron chi connectivity index (χ3n) is 4.04. The molecule has 0 aliphatic heterocycles. The fourth-order valence-corrected chi connectivity index (χ4v) is 3.00. The van der Waals surface area contributed by atoms with Gasteiger partial charge in [-0.1, -0.05) is 54.6 Å². The average molecular weight is 273 g/mol. The minimum absolute atomic E-state index is 0.629. The zero-order valence-electron chi connectivity index (χ0n) is 11.5. The molecule has 4 rings (SSSR count). The van der Waals surface area contributed by atoms with Crippen molar-refractivity contribution in [1.82, 2.24) is 4.98 Å². The van der Waals surface area contributed by atoms with E-state index < -0.39 is 6.10 Å². The van der Waals surface area contributed by atoms with Crippen molar-refractivity contribution in [3.63, 3.8) is 0 Å². The number of hydrogen-bond donors (Lipinski definition) is 2. The number of rotatable bonds is 2. The van der Waals surface area contributed by atoms with Gasteiger partial charge in [-0.25, -0.2) is 0 Å². The summed E-state index contributed by atoms with van der Waals surface area (Å²) in [5.41, 5.74) is 2.93. The summed E-state index contributed by atoms with van der Waals surface area (Å²) in [6, 6.07) is 22.2. The van der Waals surface area contributed by atoms with Gasteiger partial charge in [0.15, 0.2) is 0 Å². The highest BCUT2D eigenvalue weighted by molar-refractivity contribution is 5.88. The fourth-order valence-electron chi connectivity index (χ4n) is 3.00. The van der Waals surface area contributed by atoms with E-state index in [9.17, 15) is 5.11 Å². The first-order valence-electron chi connectivity index (χ1n) is 7.06. The van der Waals surface area contributed by atoms with E-state index in [4.69, 9.17) is 0 Å². The van der Waals surface area contributed by atoms with Crippen molar-refractivity contribution < 1.29 is 5.11 Å². The molecule has 0 spiro atoms. The molecule has 1 atom stereocenters. The molecule has 1 unspecified atom stereocenters. The van der Waals surface area contributed by atoms with Gasteiger partial charge in [-0.05, 0) is 34.0 Å². The van der Waals surface area contributed by atoms with Crippen LogP contribution in [0.1, 0.15) is 17.2 Å². The van der Waals surface area contributed by atoms with Crippen LogP contribution < -0.4 is 0 Å². The minimum Gasteiger partial charge on any atom is -0.384 e. The number of aromatic amines is 1. The number of nitrogens with one attached hydrogen (secondary N) is 1. The lowest BCUT2D eigenvalue weighted by molar-refractivity contribution is 0.223. The standard InChI is InChI=1S/C19H15NO/c21-19(17-9-4-10-18-15(17)11-12-20-18)16-8-3-6-13-5-1-2-7-14(13)16/h1-12,19-21H. The third kappa shape index (κ3) is 1.92. The van der Waals surface area contributed by atoms with Crippen molar-refractivity contribution in [2.24, 2.45) is 0 Å². The van der Waals surface area contributed by atoms with Crippen LogP contribution in [0.15, 0.2) is 72.9 Å². The van der Waals surface area contributed by atoms with E-state index in [1.165, 1.54) is 0 Å². The second-order valence-corrected chi connectivity index (χ2v) is 5.26. The van der Waals surface area contributed by atoms with Gasteiger partial charge in [0.05, 0.1) is 0 Å². The molecule has 0 aliphatic rings. The Balaban J connectivity index is 1.94. The zero-order valence-corrected chi connectivity index (χ0v) is 11.5.